The standard InChI is InChI=1S/C21H24N2O3S/c1-4-16-6-8-20(27-16)15-11-17(23-21(13-15)22-9-10-25-2)14-5-7-18(24)19(12-14)26-3/h5-8,11-13,24H,4,9-10H2,1-3H3,(H,22,23). The molecule has 3 rings (SSSR count). The Labute approximate surface area is 163 Å². The van der Waals surface area contributed by atoms with Crippen molar-refractivity contribution in [1.29, 1.82) is 0 Å². The molecule has 0 aliphatic rings. The second-order valence-corrected chi connectivity index (χ2v) is 7.22. The number of ether oxygens (including phenoxy) is 2. The lowest BCUT2D eigenvalue weighted by atomic mass is 10.1. The molecular weight excluding hydrogens is 360 g/mol. The van der Waals surface area contributed by atoms with E-state index in [1.807, 2.05) is 6.07 Å². The molecule has 0 saturated carbocycles. The van der Waals surface area contributed by atoms with Crippen LogP contribution >= 0.6 is 11.3 Å². The molecule has 2 N–H and O–H groups in total. The Bertz CT molecular complexity index is 908. The van der Waals surface area contributed by atoms with Gasteiger partial charge in [-0.2, -0.15) is 0 Å². The molecule has 0 aliphatic heterocycles. The smallest absolute Gasteiger partial charge is 0.161 e. The van der Waals surface area contributed by atoms with Crippen LogP contribution in [0.5, 0.6) is 11.5 Å². The van der Waals surface area contributed by atoms with Crippen LogP contribution in [0.25, 0.3) is 21.7 Å². The zero-order valence-electron chi connectivity index (χ0n) is 15.8. The maximum atomic E-state index is 9.87. The first-order chi connectivity index (χ1) is 13.1. The van der Waals surface area contributed by atoms with Crippen molar-refractivity contribution in [3.05, 3.63) is 47.3 Å². The number of aryl methyl sites for hydroxylation is 1. The van der Waals surface area contributed by atoms with Crippen LogP contribution < -0.4 is 10.1 Å². The fourth-order valence-electron chi connectivity index (χ4n) is 2.75. The number of benzene rings is 1. The van der Waals surface area contributed by atoms with Gasteiger partial charge in [-0.05, 0) is 54.4 Å². The predicted molar refractivity (Wildman–Crippen MR) is 111 cm³/mol. The third-order valence-corrected chi connectivity index (χ3v) is 5.49. The summed E-state index contributed by atoms with van der Waals surface area (Å²) in [6.45, 7) is 3.44. The van der Waals surface area contributed by atoms with Crippen molar-refractivity contribution in [2.45, 2.75) is 13.3 Å². The first-order valence-corrected chi connectivity index (χ1v) is 9.67. The summed E-state index contributed by atoms with van der Waals surface area (Å²) >= 11 is 1.79. The van der Waals surface area contributed by atoms with E-state index in [-0.39, 0.29) is 5.75 Å². The largest absolute Gasteiger partial charge is 0.504 e. The van der Waals surface area contributed by atoms with Gasteiger partial charge >= 0.3 is 0 Å². The van der Waals surface area contributed by atoms with Gasteiger partial charge in [0, 0.05) is 29.0 Å². The predicted octanol–water partition coefficient (Wildman–Crippen LogP) is 4.81. The number of nitrogens with one attached hydrogen (secondary N) is 1. The normalized spacial score (nSPS) is 10.8. The van der Waals surface area contributed by atoms with Crippen molar-refractivity contribution in [2.24, 2.45) is 0 Å². The molecule has 5 nitrogen and oxygen atoms in total. The molecule has 2 aromatic heterocycles. The summed E-state index contributed by atoms with van der Waals surface area (Å²) in [4.78, 5) is 7.29. The molecule has 142 valence electrons. The Kier molecular flexibility index (Phi) is 6.32. The molecule has 0 saturated heterocycles. The number of aromatic nitrogens is 1. The fraction of sp³-hybridized carbons (Fsp3) is 0.286. The van der Waals surface area contributed by atoms with Crippen molar-refractivity contribution in [3.63, 3.8) is 0 Å². The van der Waals surface area contributed by atoms with E-state index in [1.54, 1.807) is 37.7 Å². The molecule has 3 aromatic rings. The topological polar surface area (TPSA) is 63.6 Å². The van der Waals surface area contributed by atoms with Crippen LogP contribution in [-0.2, 0) is 11.2 Å². The van der Waals surface area contributed by atoms with Gasteiger partial charge in [0.1, 0.15) is 5.82 Å². The number of pyridine rings is 1. The molecule has 1 aromatic carbocycles. The van der Waals surface area contributed by atoms with Gasteiger partial charge in [0.25, 0.3) is 0 Å². The van der Waals surface area contributed by atoms with E-state index in [9.17, 15) is 5.11 Å². The van der Waals surface area contributed by atoms with Gasteiger partial charge in [-0.15, -0.1) is 11.3 Å². The van der Waals surface area contributed by atoms with Crippen LogP contribution in [0.2, 0.25) is 0 Å². The second kappa shape index (κ2) is 8.88. The molecule has 0 radical (unpaired) electrons. The number of rotatable bonds is 8. The van der Waals surface area contributed by atoms with E-state index in [0.717, 1.165) is 29.1 Å². The number of hydrogen-bond donors (Lipinski definition) is 2. The van der Waals surface area contributed by atoms with Crippen LogP contribution in [0.4, 0.5) is 5.82 Å². The van der Waals surface area contributed by atoms with Gasteiger partial charge in [-0.25, -0.2) is 4.98 Å². The Morgan fingerprint density at radius 3 is 2.63 bits per heavy atom. The van der Waals surface area contributed by atoms with E-state index in [2.05, 4.69) is 36.5 Å². The van der Waals surface area contributed by atoms with E-state index in [0.29, 0.717) is 18.9 Å². The first-order valence-electron chi connectivity index (χ1n) is 8.86. The zero-order chi connectivity index (χ0) is 19.2. The van der Waals surface area contributed by atoms with Crippen LogP contribution in [-0.4, -0.2) is 37.5 Å². The average Bonchev–Trinajstić information content (AvgIpc) is 3.18. The van der Waals surface area contributed by atoms with E-state index >= 15 is 0 Å². The van der Waals surface area contributed by atoms with Gasteiger partial charge < -0.3 is 19.9 Å². The third kappa shape index (κ3) is 4.59. The van der Waals surface area contributed by atoms with Gasteiger partial charge in [-0.1, -0.05) is 6.92 Å². The number of hydrogen-bond acceptors (Lipinski definition) is 6. The molecule has 27 heavy (non-hydrogen) atoms. The van der Waals surface area contributed by atoms with Crippen molar-refractivity contribution < 1.29 is 14.6 Å². The number of phenols is 1. The molecule has 0 unspecified atom stereocenters. The number of anilines is 1. The Hall–Kier alpha value is -2.57. The highest BCUT2D eigenvalue weighted by Crippen LogP contribution is 2.35. The summed E-state index contributed by atoms with van der Waals surface area (Å²) in [5, 5.41) is 13.2. The van der Waals surface area contributed by atoms with Crippen molar-refractivity contribution >= 4 is 17.2 Å². The molecular formula is C21H24N2O3S. The van der Waals surface area contributed by atoms with Gasteiger partial charge in [0.15, 0.2) is 11.5 Å². The number of aromatic hydroxyl groups is 1. The number of thiophene rings is 1. The lowest BCUT2D eigenvalue weighted by Crippen LogP contribution is -2.09. The van der Waals surface area contributed by atoms with Crippen LogP contribution in [0.1, 0.15) is 11.8 Å². The van der Waals surface area contributed by atoms with Crippen LogP contribution in [0, 0.1) is 0 Å². The highest BCUT2D eigenvalue weighted by molar-refractivity contribution is 7.15. The molecule has 6 heteroatoms. The minimum atomic E-state index is 0.113. The molecule has 0 amide bonds. The summed E-state index contributed by atoms with van der Waals surface area (Å²) in [5.41, 5.74) is 2.81. The van der Waals surface area contributed by atoms with E-state index < -0.39 is 0 Å². The minimum absolute atomic E-state index is 0.113. The lowest BCUT2D eigenvalue weighted by molar-refractivity contribution is 0.210. The molecule has 0 atom stereocenters. The van der Waals surface area contributed by atoms with Gasteiger partial charge in [-0.3, -0.25) is 0 Å². The quantitative estimate of drug-likeness (QED) is 0.546. The highest BCUT2D eigenvalue weighted by Gasteiger charge is 2.11. The molecule has 0 spiro atoms. The van der Waals surface area contributed by atoms with Crippen molar-refractivity contribution in [2.75, 3.05) is 32.7 Å². The van der Waals surface area contributed by atoms with Crippen molar-refractivity contribution in [1.82, 2.24) is 4.98 Å². The summed E-state index contributed by atoms with van der Waals surface area (Å²) in [6.07, 6.45) is 1.02. The second-order valence-electron chi connectivity index (χ2n) is 6.05. The lowest BCUT2D eigenvalue weighted by Gasteiger charge is -2.11. The van der Waals surface area contributed by atoms with Gasteiger partial charge in [0.2, 0.25) is 0 Å². The third-order valence-electron chi connectivity index (χ3n) is 4.21. The Balaban J connectivity index is 2.03. The minimum Gasteiger partial charge on any atom is -0.504 e. The first kappa shape index (κ1) is 19.2. The molecule has 0 aliphatic carbocycles. The molecule has 0 fully saturated rings. The summed E-state index contributed by atoms with van der Waals surface area (Å²) in [7, 11) is 3.22. The Morgan fingerprint density at radius 2 is 1.93 bits per heavy atom. The monoisotopic (exact) mass is 384 g/mol. The molecule has 0 bridgehead atoms. The number of methoxy groups -OCH3 is 2. The fourth-order valence-corrected chi connectivity index (χ4v) is 3.69. The van der Waals surface area contributed by atoms with Crippen LogP contribution in [0.3, 0.4) is 0 Å². The summed E-state index contributed by atoms with van der Waals surface area (Å²) < 4.78 is 10.4. The van der Waals surface area contributed by atoms with E-state index in [1.165, 1.54) is 9.75 Å². The number of phenolic OH excluding ortho intramolecular Hbond substituents is 1. The maximum absolute atomic E-state index is 9.87. The zero-order valence-corrected chi connectivity index (χ0v) is 16.6. The van der Waals surface area contributed by atoms with Gasteiger partial charge in [0.05, 0.1) is 19.4 Å². The molecule has 2 heterocycles. The Morgan fingerprint density at radius 1 is 1.07 bits per heavy atom. The van der Waals surface area contributed by atoms with Crippen LogP contribution in [0.15, 0.2) is 42.5 Å². The summed E-state index contributed by atoms with van der Waals surface area (Å²) in [6, 6.07) is 13.7. The summed E-state index contributed by atoms with van der Waals surface area (Å²) in [5.74, 6) is 1.33. The maximum Gasteiger partial charge on any atom is 0.161 e. The highest BCUT2D eigenvalue weighted by atomic mass is 32.1. The SMILES string of the molecule is CCc1ccc(-c2cc(NCCOC)nc(-c3ccc(O)c(OC)c3)c2)s1. The van der Waals surface area contributed by atoms with Crippen molar-refractivity contribution in [3.8, 4) is 33.2 Å². The number of nitrogens with zero attached hydrogens (tertiary/aromatic N) is 1. The average molecular weight is 385 g/mol. The van der Waals surface area contributed by atoms with E-state index in [4.69, 9.17) is 14.5 Å².